The summed E-state index contributed by atoms with van der Waals surface area (Å²) < 4.78 is 5.16. The molecule has 0 aliphatic heterocycles. The van der Waals surface area contributed by atoms with Gasteiger partial charge in [0.15, 0.2) is 0 Å². The van der Waals surface area contributed by atoms with Gasteiger partial charge in [0.1, 0.15) is 5.00 Å². The summed E-state index contributed by atoms with van der Waals surface area (Å²) in [7, 11) is 0. The molecule has 1 saturated carbocycles. The molecule has 5 nitrogen and oxygen atoms in total. The molecule has 24 heavy (non-hydrogen) atoms. The molecule has 0 unspecified atom stereocenters. The predicted octanol–water partition coefficient (Wildman–Crippen LogP) is 3.41. The van der Waals surface area contributed by atoms with Crippen LogP contribution in [-0.4, -0.2) is 43.0 Å². The van der Waals surface area contributed by atoms with E-state index in [1.807, 2.05) is 10.3 Å². The van der Waals surface area contributed by atoms with Crippen molar-refractivity contribution >= 4 is 28.2 Å². The first-order chi connectivity index (χ1) is 11.6. The van der Waals surface area contributed by atoms with Gasteiger partial charge in [0.05, 0.1) is 18.7 Å². The van der Waals surface area contributed by atoms with Crippen molar-refractivity contribution in [2.24, 2.45) is 0 Å². The van der Waals surface area contributed by atoms with Gasteiger partial charge >= 0.3 is 5.97 Å². The van der Waals surface area contributed by atoms with E-state index in [1.54, 1.807) is 19.1 Å². The Labute approximate surface area is 147 Å². The van der Waals surface area contributed by atoms with Gasteiger partial charge < -0.3 is 10.1 Å². The number of nitrogens with one attached hydrogen (secondary N) is 1. The maximum Gasteiger partial charge on any atom is 0.341 e. The number of thiophene rings is 1. The Balaban J connectivity index is 2.10. The van der Waals surface area contributed by atoms with Crippen molar-refractivity contribution < 1.29 is 14.3 Å². The fraction of sp³-hybridized carbons (Fsp3) is 0.444. The lowest BCUT2D eigenvalue weighted by Gasteiger charge is -2.18. The van der Waals surface area contributed by atoms with Crippen molar-refractivity contribution in [2.45, 2.75) is 25.7 Å². The molecule has 1 aliphatic carbocycles. The van der Waals surface area contributed by atoms with Gasteiger partial charge in [-0.3, -0.25) is 9.69 Å². The van der Waals surface area contributed by atoms with E-state index >= 15 is 0 Å². The van der Waals surface area contributed by atoms with E-state index in [0.29, 0.717) is 36.2 Å². The zero-order valence-corrected chi connectivity index (χ0v) is 14.9. The minimum Gasteiger partial charge on any atom is -0.462 e. The summed E-state index contributed by atoms with van der Waals surface area (Å²) in [4.78, 5) is 26.5. The van der Waals surface area contributed by atoms with Gasteiger partial charge in [0, 0.05) is 13.1 Å². The normalized spacial score (nSPS) is 13.6. The molecule has 0 aromatic carbocycles. The van der Waals surface area contributed by atoms with Crippen LogP contribution >= 0.6 is 11.3 Å². The van der Waals surface area contributed by atoms with Crippen LogP contribution in [0.4, 0.5) is 5.00 Å². The predicted molar refractivity (Wildman–Crippen MR) is 97.7 cm³/mol. The number of esters is 1. The second-order valence-electron chi connectivity index (χ2n) is 5.71. The fourth-order valence-electron chi connectivity index (χ4n) is 2.51. The Kier molecular flexibility index (Phi) is 6.75. The number of amides is 1. The van der Waals surface area contributed by atoms with Gasteiger partial charge in [-0.1, -0.05) is 12.2 Å². The largest absolute Gasteiger partial charge is 0.462 e. The number of carbonyl (C=O) groups is 2. The summed E-state index contributed by atoms with van der Waals surface area (Å²) in [6, 6.07) is 0. The molecule has 130 valence electrons. The monoisotopic (exact) mass is 348 g/mol. The minimum atomic E-state index is -0.356. The minimum absolute atomic E-state index is 0.159. The van der Waals surface area contributed by atoms with E-state index in [2.05, 4.69) is 18.5 Å². The second kappa shape index (κ2) is 8.80. The Morgan fingerprint density at radius 1 is 1.38 bits per heavy atom. The van der Waals surface area contributed by atoms with Crippen LogP contribution in [0, 0.1) is 0 Å². The van der Waals surface area contributed by atoms with Gasteiger partial charge in [0.25, 0.3) is 0 Å². The Morgan fingerprint density at radius 3 is 2.58 bits per heavy atom. The maximum absolute atomic E-state index is 12.3. The topological polar surface area (TPSA) is 58.6 Å². The first-order valence-electron chi connectivity index (χ1n) is 8.13. The summed E-state index contributed by atoms with van der Waals surface area (Å²) >= 11 is 1.39. The van der Waals surface area contributed by atoms with Gasteiger partial charge in [-0.05, 0) is 36.6 Å². The molecule has 0 atom stereocenters. The molecule has 0 radical (unpaired) electrons. The molecule has 0 saturated heterocycles. The van der Waals surface area contributed by atoms with E-state index in [0.717, 1.165) is 18.4 Å². The Hall–Kier alpha value is -1.92. The Morgan fingerprint density at radius 2 is 2.04 bits per heavy atom. The zero-order chi connectivity index (χ0) is 17.5. The first kappa shape index (κ1) is 18.4. The van der Waals surface area contributed by atoms with Crippen LogP contribution in [0.1, 0.15) is 41.6 Å². The summed E-state index contributed by atoms with van der Waals surface area (Å²) in [5.41, 5.74) is 1.53. The highest BCUT2D eigenvalue weighted by atomic mass is 32.1. The van der Waals surface area contributed by atoms with Crippen molar-refractivity contribution in [1.29, 1.82) is 0 Å². The highest BCUT2D eigenvalue weighted by molar-refractivity contribution is 7.15. The third-order valence-corrected chi connectivity index (χ3v) is 4.62. The van der Waals surface area contributed by atoms with Crippen LogP contribution < -0.4 is 5.32 Å². The molecule has 1 heterocycles. The van der Waals surface area contributed by atoms with Crippen LogP contribution in [0.5, 0.6) is 0 Å². The lowest BCUT2D eigenvalue weighted by molar-refractivity contribution is -0.117. The lowest BCUT2D eigenvalue weighted by atomic mass is 10.1. The molecule has 1 N–H and O–H groups in total. The third kappa shape index (κ3) is 4.79. The van der Waals surface area contributed by atoms with Crippen LogP contribution in [0.2, 0.25) is 0 Å². The quantitative estimate of drug-likeness (QED) is 0.520. The van der Waals surface area contributed by atoms with Crippen LogP contribution in [-0.2, 0) is 9.53 Å². The first-order valence-corrected chi connectivity index (χ1v) is 9.01. The number of hydrogen-bond donors (Lipinski definition) is 1. The molecule has 1 aromatic rings. The number of nitrogens with zero attached hydrogens (tertiary/aromatic N) is 1. The van der Waals surface area contributed by atoms with Gasteiger partial charge in [-0.2, -0.15) is 0 Å². The van der Waals surface area contributed by atoms with E-state index in [9.17, 15) is 9.59 Å². The van der Waals surface area contributed by atoms with Crippen molar-refractivity contribution in [2.75, 3.05) is 31.6 Å². The summed E-state index contributed by atoms with van der Waals surface area (Å²) in [5, 5.41) is 5.41. The maximum atomic E-state index is 12.3. The van der Waals surface area contributed by atoms with E-state index in [1.165, 1.54) is 11.3 Å². The van der Waals surface area contributed by atoms with Crippen molar-refractivity contribution in [3.05, 3.63) is 41.8 Å². The molecule has 6 heteroatoms. The molecule has 2 rings (SSSR count). The number of carbonyl (C=O) groups excluding carboxylic acids is 2. The zero-order valence-electron chi connectivity index (χ0n) is 14.0. The van der Waals surface area contributed by atoms with Crippen LogP contribution in [0.3, 0.4) is 0 Å². The molecular weight excluding hydrogens is 324 g/mol. The average Bonchev–Trinajstić information content (AvgIpc) is 3.29. The van der Waals surface area contributed by atoms with Gasteiger partial charge in [-0.15, -0.1) is 24.5 Å². The fourth-order valence-corrected chi connectivity index (χ4v) is 3.56. The SMILES string of the molecule is C=CCN(CC=C)CC(=O)Nc1scc(C2CC2)c1C(=O)OCC. The standard InChI is InChI=1S/C18H24N2O3S/c1-4-9-20(10-5-2)11-15(21)19-17-16(18(22)23-6-3)14(12-24-17)13-7-8-13/h4-5,12-13H,1-2,6-11H2,3H3,(H,19,21). The third-order valence-electron chi connectivity index (χ3n) is 3.71. The van der Waals surface area contributed by atoms with Crippen molar-refractivity contribution in [3.63, 3.8) is 0 Å². The summed E-state index contributed by atoms with van der Waals surface area (Å²) in [6.45, 7) is 10.9. The van der Waals surface area contributed by atoms with Gasteiger partial charge in [-0.25, -0.2) is 4.79 Å². The molecule has 0 spiro atoms. The second-order valence-corrected chi connectivity index (χ2v) is 6.59. The number of hydrogen-bond acceptors (Lipinski definition) is 5. The molecular formula is C18H24N2O3S. The smallest absolute Gasteiger partial charge is 0.341 e. The van der Waals surface area contributed by atoms with E-state index in [-0.39, 0.29) is 18.4 Å². The molecule has 1 aliphatic rings. The van der Waals surface area contributed by atoms with Crippen LogP contribution in [0.25, 0.3) is 0 Å². The number of rotatable bonds is 10. The molecule has 1 aromatic heterocycles. The Bertz CT molecular complexity index is 610. The number of ether oxygens (including phenoxy) is 1. The summed E-state index contributed by atoms with van der Waals surface area (Å²) in [6.07, 6.45) is 5.67. The van der Waals surface area contributed by atoms with Crippen molar-refractivity contribution in [3.8, 4) is 0 Å². The van der Waals surface area contributed by atoms with E-state index < -0.39 is 0 Å². The summed E-state index contributed by atoms with van der Waals surface area (Å²) in [5.74, 6) is -0.0947. The van der Waals surface area contributed by atoms with Crippen molar-refractivity contribution in [1.82, 2.24) is 4.90 Å². The average molecular weight is 348 g/mol. The van der Waals surface area contributed by atoms with Crippen LogP contribution in [0.15, 0.2) is 30.7 Å². The lowest BCUT2D eigenvalue weighted by Crippen LogP contribution is -2.33. The molecule has 1 fully saturated rings. The van der Waals surface area contributed by atoms with Gasteiger partial charge in [0.2, 0.25) is 5.91 Å². The molecule has 0 bridgehead atoms. The molecule has 1 amide bonds. The highest BCUT2D eigenvalue weighted by Gasteiger charge is 2.32. The number of anilines is 1. The van der Waals surface area contributed by atoms with E-state index in [4.69, 9.17) is 4.74 Å². The highest BCUT2D eigenvalue weighted by Crippen LogP contribution is 2.46.